The lowest BCUT2D eigenvalue weighted by Crippen LogP contribution is -2.37. The van der Waals surface area contributed by atoms with Crippen LogP contribution in [0.15, 0.2) is 42.0 Å². The molecule has 5 heteroatoms. The molecule has 3 aliphatic heterocycles. The van der Waals surface area contributed by atoms with Gasteiger partial charge in [0.2, 0.25) is 0 Å². The maximum Gasteiger partial charge on any atom is 0.255 e. The van der Waals surface area contributed by atoms with Gasteiger partial charge in [-0.05, 0) is 52.3 Å². The number of phenolic OH excluding ortho intramolecular Hbond substituents is 1. The molecule has 2 unspecified atom stereocenters. The second kappa shape index (κ2) is 6.39. The predicted molar refractivity (Wildman–Crippen MR) is 114 cm³/mol. The summed E-state index contributed by atoms with van der Waals surface area (Å²) in [5, 5.41) is 9.79. The molecule has 0 saturated carbocycles. The van der Waals surface area contributed by atoms with Crippen molar-refractivity contribution >= 4 is 11.9 Å². The van der Waals surface area contributed by atoms with Crippen molar-refractivity contribution in [1.82, 2.24) is 0 Å². The van der Waals surface area contributed by atoms with Crippen molar-refractivity contribution in [2.75, 3.05) is 0 Å². The molecule has 3 heterocycles. The Labute approximate surface area is 175 Å². The number of rotatable bonds is 2. The molecule has 0 bridgehead atoms. The number of phenols is 1. The van der Waals surface area contributed by atoms with Gasteiger partial charge in [-0.2, -0.15) is 0 Å². The summed E-state index contributed by atoms with van der Waals surface area (Å²) in [7, 11) is 0. The van der Waals surface area contributed by atoms with Gasteiger partial charge in [-0.1, -0.05) is 23.8 Å². The van der Waals surface area contributed by atoms with Crippen molar-refractivity contribution in [1.29, 1.82) is 0 Å². The number of carbonyl (C=O) groups excluding carboxylic acids is 1. The number of hydrogen-bond acceptors (Lipinski definition) is 5. The third-order valence-electron chi connectivity index (χ3n) is 5.73. The molecule has 2 aromatic carbocycles. The summed E-state index contributed by atoms with van der Waals surface area (Å²) in [4.78, 5) is 13.5. The molecule has 0 spiro atoms. The average molecular weight is 404 g/mol. The van der Waals surface area contributed by atoms with E-state index in [-0.39, 0.29) is 11.5 Å². The van der Waals surface area contributed by atoms with Crippen molar-refractivity contribution < 1.29 is 24.1 Å². The van der Waals surface area contributed by atoms with Gasteiger partial charge in [-0.15, -0.1) is 0 Å². The Balaban J connectivity index is 1.67. The zero-order valence-electron chi connectivity index (χ0n) is 17.5. The minimum Gasteiger partial charge on any atom is -0.508 e. The minimum atomic E-state index is -0.752. The number of allylic oxidation sites excluding steroid dienone is 2. The van der Waals surface area contributed by atoms with Gasteiger partial charge in [0.1, 0.15) is 34.5 Å². The monoisotopic (exact) mass is 404 g/mol. The molecule has 5 rings (SSSR count). The lowest BCUT2D eigenvalue weighted by Gasteiger charge is -2.34. The van der Waals surface area contributed by atoms with Crippen LogP contribution in [0.3, 0.4) is 0 Å². The summed E-state index contributed by atoms with van der Waals surface area (Å²) in [5.41, 5.74) is 3.75. The van der Waals surface area contributed by atoms with Gasteiger partial charge in [0.15, 0.2) is 5.78 Å². The second-order valence-corrected chi connectivity index (χ2v) is 8.84. The molecule has 0 saturated heterocycles. The van der Waals surface area contributed by atoms with Crippen molar-refractivity contribution in [2.24, 2.45) is 0 Å². The third-order valence-corrected chi connectivity index (χ3v) is 5.73. The van der Waals surface area contributed by atoms with Crippen LogP contribution in [-0.4, -0.2) is 22.8 Å². The molecule has 0 fully saturated rings. The molecule has 5 nitrogen and oxygen atoms in total. The number of ether oxygens (including phenoxy) is 3. The van der Waals surface area contributed by atoms with E-state index in [0.717, 1.165) is 22.4 Å². The van der Waals surface area contributed by atoms with Gasteiger partial charge in [0.05, 0.1) is 5.56 Å². The SMILES string of the molecule is CC(C)=CCc1c2c(cc3c1OC1Oc4cc(O)ccc4C1C3=O)C=CC(C)(C)O2. The first kappa shape index (κ1) is 18.8. The van der Waals surface area contributed by atoms with Gasteiger partial charge in [-0.3, -0.25) is 4.79 Å². The Kier molecular flexibility index (Phi) is 4.01. The number of ketones is 1. The van der Waals surface area contributed by atoms with Crippen LogP contribution in [0.25, 0.3) is 6.08 Å². The average Bonchev–Trinajstić information content (AvgIpc) is 3.03. The first-order valence-electron chi connectivity index (χ1n) is 10.2. The highest BCUT2D eigenvalue weighted by molar-refractivity contribution is 6.06. The van der Waals surface area contributed by atoms with E-state index in [1.54, 1.807) is 12.1 Å². The van der Waals surface area contributed by atoms with Crippen LogP contribution in [0.1, 0.15) is 60.7 Å². The fourth-order valence-electron chi connectivity index (χ4n) is 4.23. The van der Waals surface area contributed by atoms with Crippen LogP contribution in [0, 0.1) is 0 Å². The van der Waals surface area contributed by atoms with Crippen LogP contribution in [0.4, 0.5) is 0 Å². The van der Waals surface area contributed by atoms with Crippen molar-refractivity contribution in [3.63, 3.8) is 0 Å². The summed E-state index contributed by atoms with van der Waals surface area (Å²) in [6.07, 6.45) is 5.96. The molecule has 0 aromatic heterocycles. The van der Waals surface area contributed by atoms with Gasteiger partial charge >= 0.3 is 0 Å². The van der Waals surface area contributed by atoms with Gasteiger partial charge in [0.25, 0.3) is 6.29 Å². The first-order chi connectivity index (χ1) is 14.2. The summed E-state index contributed by atoms with van der Waals surface area (Å²) < 4.78 is 18.5. The van der Waals surface area contributed by atoms with E-state index < -0.39 is 17.8 Å². The molecule has 0 amide bonds. The first-order valence-corrected chi connectivity index (χ1v) is 10.2. The minimum absolute atomic E-state index is 0.0369. The van der Waals surface area contributed by atoms with E-state index in [2.05, 4.69) is 6.08 Å². The second-order valence-electron chi connectivity index (χ2n) is 8.84. The van der Waals surface area contributed by atoms with Gasteiger partial charge < -0.3 is 19.3 Å². The van der Waals surface area contributed by atoms with Crippen molar-refractivity contribution in [3.8, 4) is 23.0 Å². The number of carbonyl (C=O) groups is 1. The largest absolute Gasteiger partial charge is 0.508 e. The highest BCUT2D eigenvalue weighted by Crippen LogP contribution is 2.50. The summed E-state index contributed by atoms with van der Waals surface area (Å²) in [5.74, 6) is 1.27. The van der Waals surface area contributed by atoms with Gasteiger partial charge in [0, 0.05) is 22.8 Å². The maximum absolute atomic E-state index is 13.5. The quantitative estimate of drug-likeness (QED) is 0.700. The van der Waals surface area contributed by atoms with Crippen LogP contribution in [-0.2, 0) is 6.42 Å². The molecule has 1 N–H and O–H groups in total. The molecule has 0 aliphatic carbocycles. The Morgan fingerprint density at radius 2 is 1.97 bits per heavy atom. The predicted octanol–water partition coefficient (Wildman–Crippen LogP) is 5.16. The van der Waals surface area contributed by atoms with Crippen LogP contribution < -0.4 is 14.2 Å². The summed E-state index contributed by atoms with van der Waals surface area (Å²) in [6, 6.07) is 6.69. The topological polar surface area (TPSA) is 65.0 Å². The number of Topliss-reactive ketones (excluding diaryl/α,β-unsaturated/α-hetero) is 1. The molecular formula is C25H24O5. The lowest BCUT2D eigenvalue weighted by molar-refractivity contribution is -0.00149. The fourth-order valence-corrected chi connectivity index (χ4v) is 4.23. The lowest BCUT2D eigenvalue weighted by atomic mass is 9.85. The Bertz CT molecular complexity index is 1130. The molecule has 154 valence electrons. The van der Waals surface area contributed by atoms with E-state index in [4.69, 9.17) is 14.2 Å². The van der Waals surface area contributed by atoms with Crippen LogP contribution in [0.2, 0.25) is 0 Å². The summed E-state index contributed by atoms with van der Waals surface area (Å²) >= 11 is 0. The molecule has 3 aliphatic rings. The smallest absolute Gasteiger partial charge is 0.255 e. The normalized spacial score (nSPS) is 21.9. The third kappa shape index (κ3) is 2.88. The highest BCUT2D eigenvalue weighted by Gasteiger charge is 2.47. The van der Waals surface area contributed by atoms with Crippen molar-refractivity contribution in [3.05, 3.63) is 64.2 Å². The molecule has 2 atom stereocenters. The molecule has 30 heavy (non-hydrogen) atoms. The van der Waals surface area contributed by atoms with E-state index in [9.17, 15) is 9.90 Å². The van der Waals surface area contributed by atoms with Crippen molar-refractivity contribution in [2.45, 2.75) is 51.9 Å². The van der Waals surface area contributed by atoms with E-state index >= 15 is 0 Å². The number of fused-ring (bicyclic) bond motifs is 5. The molecular weight excluding hydrogens is 380 g/mol. The van der Waals surface area contributed by atoms with E-state index in [1.807, 2.05) is 45.9 Å². The number of aromatic hydroxyl groups is 1. The fraction of sp³-hybridized carbons (Fsp3) is 0.320. The number of benzene rings is 2. The zero-order valence-corrected chi connectivity index (χ0v) is 17.5. The number of hydrogen-bond donors (Lipinski definition) is 1. The van der Waals surface area contributed by atoms with E-state index in [0.29, 0.717) is 23.5 Å². The van der Waals surface area contributed by atoms with E-state index in [1.165, 1.54) is 11.6 Å². The maximum atomic E-state index is 13.5. The molecule has 0 radical (unpaired) electrons. The Morgan fingerprint density at radius 3 is 2.73 bits per heavy atom. The van der Waals surface area contributed by atoms with Crippen LogP contribution >= 0.6 is 0 Å². The molecule has 2 aromatic rings. The summed E-state index contributed by atoms with van der Waals surface area (Å²) in [6.45, 7) is 8.08. The Hall–Kier alpha value is -3.21. The van der Waals surface area contributed by atoms with Crippen LogP contribution in [0.5, 0.6) is 23.0 Å². The highest BCUT2D eigenvalue weighted by atomic mass is 16.7. The standard InChI is InChI=1S/C25H24O5/c1-13(2)5-7-17-22-14(9-10-25(3,4)30-22)11-18-21(27)20-16-8-6-15(26)12-19(16)28-24(20)29-23(17)18/h5-6,8-12,20,24,26H,7H2,1-4H3. The Morgan fingerprint density at radius 1 is 1.17 bits per heavy atom. The van der Waals surface area contributed by atoms with Gasteiger partial charge in [-0.25, -0.2) is 0 Å². The zero-order chi connectivity index (χ0) is 21.2.